The number of nitrogens with one attached hydrogen (secondary N) is 2. The van der Waals surface area contributed by atoms with Crippen molar-refractivity contribution in [1.82, 2.24) is 14.9 Å². The molecule has 0 unspecified atom stereocenters. The molecule has 16 heavy (non-hydrogen) atoms. The summed E-state index contributed by atoms with van der Waals surface area (Å²) in [5.74, 6) is 0.405. The van der Waals surface area contributed by atoms with Crippen LogP contribution in [0.5, 0.6) is 0 Å². The molecule has 0 atom stereocenters. The molecule has 1 aromatic heterocycles. The minimum Gasteiger partial charge on any atom is -0.365 e. The van der Waals surface area contributed by atoms with Gasteiger partial charge in [0.1, 0.15) is 0 Å². The number of hydrogen-bond acceptors (Lipinski definition) is 4. The van der Waals surface area contributed by atoms with E-state index in [1.807, 2.05) is 0 Å². The lowest BCUT2D eigenvalue weighted by Crippen LogP contribution is -2.26. The number of rotatable bonds is 7. The van der Waals surface area contributed by atoms with Crippen molar-refractivity contribution in [3.63, 3.8) is 0 Å². The Hall–Kier alpha value is -1.36. The molecule has 5 heteroatoms. The first-order valence-electron chi connectivity index (χ1n) is 5.77. The van der Waals surface area contributed by atoms with Crippen LogP contribution < -0.4 is 10.9 Å². The van der Waals surface area contributed by atoms with Crippen molar-refractivity contribution in [1.29, 1.82) is 0 Å². The molecular weight excluding hydrogens is 204 g/mol. The zero-order chi connectivity index (χ0) is 11.8. The van der Waals surface area contributed by atoms with Crippen LogP contribution in [0, 0.1) is 0 Å². The third-order valence-corrected chi connectivity index (χ3v) is 2.55. The Kier molecular flexibility index (Phi) is 5.56. The van der Waals surface area contributed by atoms with Crippen molar-refractivity contribution in [3.05, 3.63) is 22.7 Å². The maximum atomic E-state index is 11.3. The summed E-state index contributed by atoms with van der Waals surface area (Å²) >= 11 is 0. The van der Waals surface area contributed by atoms with Crippen LogP contribution >= 0.6 is 0 Å². The van der Waals surface area contributed by atoms with Gasteiger partial charge in [0.15, 0.2) is 5.82 Å². The second-order valence-electron chi connectivity index (χ2n) is 3.57. The van der Waals surface area contributed by atoms with Crippen LogP contribution in [0.2, 0.25) is 0 Å². The highest BCUT2D eigenvalue weighted by Crippen LogP contribution is 1.93. The molecule has 1 aromatic rings. The Bertz CT molecular complexity index is 346. The van der Waals surface area contributed by atoms with E-state index < -0.39 is 0 Å². The fourth-order valence-corrected chi connectivity index (χ4v) is 1.53. The largest absolute Gasteiger partial charge is 0.365 e. The number of aromatic nitrogens is 2. The lowest BCUT2D eigenvalue weighted by Gasteiger charge is -2.17. The van der Waals surface area contributed by atoms with Crippen molar-refractivity contribution < 1.29 is 0 Å². The van der Waals surface area contributed by atoms with Gasteiger partial charge in [0, 0.05) is 18.9 Å². The summed E-state index contributed by atoms with van der Waals surface area (Å²) in [4.78, 5) is 20.2. The van der Waals surface area contributed by atoms with Crippen LogP contribution in [0.15, 0.2) is 17.2 Å². The first kappa shape index (κ1) is 12.7. The summed E-state index contributed by atoms with van der Waals surface area (Å²) in [7, 11) is 0. The zero-order valence-electron chi connectivity index (χ0n) is 9.99. The van der Waals surface area contributed by atoms with E-state index in [1.165, 1.54) is 6.20 Å². The zero-order valence-corrected chi connectivity index (χ0v) is 9.99. The molecule has 0 amide bonds. The maximum Gasteiger partial charge on any atom is 0.290 e. The monoisotopic (exact) mass is 224 g/mol. The lowest BCUT2D eigenvalue weighted by molar-refractivity contribution is 0.303. The Morgan fingerprint density at radius 1 is 1.44 bits per heavy atom. The predicted molar refractivity (Wildman–Crippen MR) is 65.8 cm³/mol. The van der Waals surface area contributed by atoms with E-state index in [4.69, 9.17) is 0 Å². The van der Waals surface area contributed by atoms with Crippen LogP contribution in [0.3, 0.4) is 0 Å². The topological polar surface area (TPSA) is 61.0 Å². The summed E-state index contributed by atoms with van der Waals surface area (Å²) in [6.07, 6.45) is 4.12. The van der Waals surface area contributed by atoms with Gasteiger partial charge < -0.3 is 15.2 Å². The van der Waals surface area contributed by atoms with Crippen molar-refractivity contribution in [2.24, 2.45) is 0 Å². The predicted octanol–water partition coefficient (Wildman–Crippen LogP) is 0.914. The SMILES string of the molecule is CCN(CC)CCCNc1ncc[nH]c1=O. The van der Waals surface area contributed by atoms with Crippen LogP contribution in [0.1, 0.15) is 20.3 Å². The summed E-state index contributed by atoms with van der Waals surface area (Å²) in [5.41, 5.74) is -0.162. The van der Waals surface area contributed by atoms with Gasteiger partial charge in [0.05, 0.1) is 0 Å². The van der Waals surface area contributed by atoms with Crippen LogP contribution in [0.25, 0.3) is 0 Å². The first-order chi connectivity index (χ1) is 7.77. The van der Waals surface area contributed by atoms with E-state index in [0.29, 0.717) is 5.82 Å². The van der Waals surface area contributed by atoms with Gasteiger partial charge in [-0.3, -0.25) is 4.79 Å². The highest BCUT2D eigenvalue weighted by Gasteiger charge is 2.00. The molecule has 0 saturated heterocycles. The normalized spacial score (nSPS) is 10.7. The number of nitrogens with zero attached hydrogens (tertiary/aromatic N) is 2. The van der Waals surface area contributed by atoms with Crippen molar-refractivity contribution in [2.75, 3.05) is 31.5 Å². The molecule has 0 aliphatic rings. The van der Waals surface area contributed by atoms with Gasteiger partial charge >= 0.3 is 0 Å². The van der Waals surface area contributed by atoms with E-state index in [0.717, 1.165) is 32.6 Å². The standard InChI is InChI=1S/C11H20N4O/c1-3-15(4-2)9-5-6-12-10-11(16)14-8-7-13-10/h7-8H,3-6,9H2,1-2H3,(H,12,13)(H,14,16). The molecule has 0 aliphatic heterocycles. The summed E-state index contributed by atoms with van der Waals surface area (Å²) in [5, 5.41) is 3.03. The number of hydrogen-bond donors (Lipinski definition) is 2. The van der Waals surface area contributed by atoms with Gasteiger partial charge in [-0.05, 0) is 26.1 Å². The Morgan fingerprint density at radius 2 is 2.19 bits per heavy atom. The molecule has 90 valence electrons. The minimum absolute atomic E-state index is 0.162. The fourth-order valence-electron chi connectivity index (χ4n) is 1.53. The van der Waals surface area contributed by atoms with Crippen LogP contribution in [-0.4, -0.2) is 41.0 Å². The fraction of sp³-hybridized carbons (Fsp3) is 0.636. The van der Waals surface area contributed by atoms with E-state index in [-0.39, 0.29) is 5.56 Å². The highest BCUT2D eigenvalue weighted by atomic mass is 16.1. The second kappa shape index (κ2) is 7.00. The lowest BCUT2D eigenvalue weighted by atomic mass is 10.3. The van der Waals surface area contributed by atoms with E-state index in [9.17, 15) is 4.79 Å². The third-order valence-electron chi connectivity index (χ3n) is 2.55. The smallest absolute Gasteiger partial charge is 0.290 e. The van der Waals surface area contributed by atoms with Crippen molar-refractivity contribution >= 4 is 5.82 Å². The first-order valence-corrected chi connectivity index (χ1v) is 5.77. The van der Waals surface area contributed by atoms with Crippen LogP contribution in [-0.2, 0) is 0 Å². The molecule has 0 saturated carbocycles. The number of aromatic amines is 1. The van der Waals surface area contributed by atoms with Gasteiger partial charge in [0.2, 0.25) is 0 Å². The molecule has 2 N–H and O–H groups in total. The molecule has 0 aromatic carbocycles. The van der Waals surface area contributed by atoms with E-state index in [2.05, 4.69) is 34.0 Å². The molecular formula is C11H20N4O. The summed E-state index contributed by atoms with van der Waals surface area (Å²) in [6.45, 7) is 8.27. The number of H-pyrrole nitrogens is 1. The molecule has 0 spiro atoms. The van der Waals surface area contributed by atoms with Crippen molar-refractivity contribution in [2.45, 2.75) is 20.3 Å². The number of anilines is 1. The average molecular weight is 224 g/mol. The molecule has 0 aliphatic carbocycles. The Morgan fingerprint density at radius 3 is 2.81 bits per heavy atom. The van der Waals surface area contributed by atoms with Gasteiger partial charge in [-0.2, -0.15) is 0 Å². The molecule has 1 rings (SSSR count). The Balaban J connectivity index is 2.26. The molecule has 0 bridgehead atoms. The van der Waals surface area contributed by atoms with Gasteiger partial charge in [0.25, 0.3) is 5.56 Å². The van der Waals surface area contributed by atoms with E-state index in [1.54, 1.807) is 6.20 Å². The summed E-state index contributed by atoms with van der Waals surface area (Å²) in [6, 6.07) is 0. The molecule has 0 fully saturated rings. The Labute approximate surface area is 95.9 Å². The average Bonchev–Trinajstić information content (AvgIpc) is 2.31. The molecule has 1 heterocycles. The van der Waals surface area contributed by atoms with Crippen LogP contribution in [0.4, 0.5) is 5.82 Å². The highest BCUT2D eigenvalue weighted by molar-refractivity contribution is 5.29. The molecule has 0 radical (unpaired) electrons. The minimum atomic E-state index is -0.162. The quantitative estimate of drug-likeness (QED) is 0.676. The van der Waals surface area contributed by atoms with Gasteiger partial charge in [-0.25, -0.2) is 4.98 Å². The van der Waals surface area contributed by atoms with Gasteiger partial charge in [-0.1, -0.05) is 13.8 Å². The third kappa shape index (κ3) is 4.02. The van der Waals surface area contributed by atoms with Crippen molar-refractivity contribution in [3.8, 4) is 0 Å². The summed E-state index contributed by atoms with van der Waals surface area (Å²) < 4.78 is 0. The van der Waals surface area contributed by atoms with E-state index >= 15 is 0 Å². The van der Waals surface area contributed by atoms with Gasteiger partial charge in [-0.15, -0.1) is 0 Å². The maximum absolute atomic E-state index is 11.3. The molecule has 5 nitrogen and oxygen atoms in total. The second-order valence-corrected chi connectivity index (χ2v) is 3.57.